The van der Waals surface area contributed by atoms with Gasteiger partial charge in [-0.1, -0.05) is 12.1 Å². The maximum absolute atomic E-state index is 13.6. The largest absolute Gasteiger partial charge is 0.494 e. The van der Waals surface area contributed by atoms with Gasteiger partial charge in [-0.05, 0) is 119 Å². The summed E-state index contributed by atoms with van der Waals surface area (Å²) in [7, 11) is -3.99. The molecule has 0 saturated heterocycles. The van der Waals surface area contributed by atoms with Gasteiger partial charge in [0.1, 0.15) is 11.4 Å². The lowest BCUT2D eigenvalue weighted by Crippen LogP contribution is -2.51. The monoisotopic (exact) mass is 575 g/mol. The summed E-state index contributed by atoms with van der Waals surface area (Å²) >= 11 is 0. The zero-order chi connectivity index (χ0) is 30.0. The number of nitrogens with one attached hydrogen (secondary N) is 1. The average Bonchev–Trinajstić information content (AvgIpc) is 2.73. The van der Waals surface area contributed by atoms with E-state index in [0.717, 1.165) is 24.2 Å². The van der Waals surface area contributed by atoms with Gasteiger partial charge in [0.2, 0.25) is 0 Å². The van der Waals surface area contributed by atoms with Gasteiger partial charge in [0.05, 0.1) is 36.6 Å². The molecule has 0 spiro atoms. The van der Waals surface area contributed by atoms with Crippen molar-refractivity contribution in [3.8, 4) is 5.75 Å². The Balaban J connectivity index is 2.99. The maximum Gasteiger partial charge on any atom is 0.475 e. The molecule has 1 atom stereocenters. The molecule has 1 N–H and O–H groups in total. The third-order valence-electron chi connectivity index (χ3n) is 5.05. The van der Waals surface area contributed by atoms with E-state index in [1.54, 1.807) is 62.3 Å². The first-order chi connectivity index (χ1) is 17.7. The summed E-state index contributed by atoms with van der Waals surface area (Å²) in [5, 5.41) is 2.90. The smallest absolute Gasteiger partial charge is 0.475 e. The lowest BCUT2D eigenvalue weighted by molar-refractivity contribution is -0.00737. The Morgan fingerprint density at radius 2 is 1.41 bits per heavy atom. The molecule has 0 aromatic heterocycles. The topological polar surface area (TPSA) is 92.3 Å². The lowest BCUT2D eigenvalue weighted by Gasteiger charge is -2.35. The van der Waals surface area contributed by atoms with Crippen LogP contribution in [0.25, 0.3) is 0 Å². The third kappa shape index (κ3) is 16.9. The first kappa shape index (κ1) is 35.4. The molecule has 8 nitrogen and oxygen atoms in total. The molecule has 39 heavy (non-hydrogen) atoms. The van der Waals surface area contributed by atoms with Crippen LogP contribution in [0.3, 0.4) is 0 Å². The highest BCUT2D eigenvalue weighted by atomic mass is 31.2. The van der Waals surface area contributed by atoms with Crippen LogP contribution in [0.1, 0.15) is 100 Å². The van der Waals surface area contributed by atoms with Crippen molar-refractivity contribution in [2.45, 2.75) is 124 Å². The molecule has 0 unspecified atom stereocenters. The molecule has 0 fully saturated rings. The summed E-state index contributed by atoms with van der Waals surface area (Å²) in [6.45, 7) is 17.9. The molecule has 226 valence electrons. The molecule has 1 aromatic carbocycles. The predicted molar refractivity (Wildman–Crippen MR) is 153 cm³/mol. The summed E-state index contributed by atoms with van der Waals surface area (Å²) in [5.41, 5.74) is -2.18. The van der Waals surface area contributed by atoms with Gasteiger partial charge in [-0.15, -0.1) is 0 Å². The number of ether oxygens (including phenoxy) is 2. The van der Waals surface area contributed by atoms with Crippen molar-refractivity contribution in [1.29, 1.82) is 0 Å². The summed E-state index contributed by atoms with van der Waals surface area (Å²) in [6, 6.07) is 7.70. The van der Waals surface area contributed by atoms with E-state index < -0.39 is 36.3 Å². The number of aryl methyl sites for hydroxylation is 1. The standard InChI is InChI=1S/C29H51FNO7P/c1-26(2,3)36-25(32)31-29(10,22-35-39(33,37-27(4,5)6)38-28(7,8)9)19-18-23-14-16-24(17-15-23)34-21-13-11-12-20-30/h14-17H,11-13,18-22H2,1-10H3,(H,31,32)/t29-/m1/s1. The number of rotatable bonds is 15. The van der Waals surface area contributed by atoms with Gasteiger partial charge in [0.15, 0.2) is 0 Å². The van der Waals surface area contributed by atoms with Gasteiger partial charge in [-0.25, -0.2) is 9.36 Å². The molecular weight excluding hydrogens is 524 g/mol. The van der Waals surface area contributed by atoms with Crippen molar-refractivity contribution >= 4 is 13.9 Å². The van der Waals surface area contributed by atoms with Crippen molar-refractivity contribution < 1.29 is 36.8 Å². The van der Waals surface area contributed by atoms with Gasteiger partial charge in [-0.2, -0.15) is 0 Å². The number of alkyl carbamates (subject to hydrolysis) is 1. The Hall–Kier alpha value is -1.67. The number of amides is 1. The summed E-state index contributed by atoms with van der Waals surface area (Å²) in [4.78, 5) is 12.7. The van der Waals surface area contributed by atoms with Crippen LogP contribution < -0.4 is 10.1 Å². The number of hydrogen-bond acceptors (Lipinski definition) is 7. The Morgan fingerprint density at radius 1 is 0.846 bits per heavy atom. The van der Waals surface area contributed by atoms with Crippen molar-refractivity contribution in [2.24, 2.45) is 0 Å². The average molecular weight is 576 g/mol. The van der Waals surface area contributed by atoms with E-state index in [-0.39, 0.29) is 13.3 Å². The number of benzene rings is 1. The van der Waals surface area contributed by atoms with Crippen molar-refractivity contribution in [3.63, 3.8) is 0 Å². The van der Waals surface area contributed by atoms with Crippen LogP contribution in [0.5, 0.6) is 5.75 Å². The highest BCUT2D eigenvalue weighted by Gasteiger charge is 2.40. The molecule has 0 saturated carbocycles. The molecule has 0 aliphatic carbocycles. The van der Waals surface area contributed by atoms with E-state index >= 15 is 0 Å². The molecule has 0 aliphatic heterocycles. The fourth-order valence-corrected chi connectivity index (χ4v) is 5.35. The minimum atomic E-state index is -3.99. The second kappa shape index (κ2) is 14.8. The molecule has 0 aliphatic rings. The van der Waals surface area contributed by atoms with Crippen LogP contribution in [0.4, 0.5) is 9.18 Å². The van der Waals surface area contributed by atoms with Gasteiger partial charge in [-0.3, -0.25) is 18.0 Å². The second-order valence-corrected chi connectivity index (χ2v) is 14.6. The second-order valence-electron chi connectivity index (χ2n) is 13.1. The Labute approximate surface area is 235 Å². The first-order valence-corrected chi connectivity index (χ1v) is 15.1. The van der Waals surface area contributed by atoms with Crippen molar-refractivity contribution in [1.82, 2.24) is 5.32 Å². The van der Waals surface area contributed by atoms with E-state index in [0.29, 0.717) is 25.9 Å². The van der Waals surface area contributed by atoms with Gasteiger partial charge in [0.25, 0.3) is 0 Å². The van der Waals surface area contributed by atoms with Crippen molar-refractivity contribution in [3.05, 3.63) is 29.8 Å². The number of phosphoric acid groups is 1. The highest BCUT2D eigenvalue weighted by molar-refractivity contribution is 7.48. The van der Waals surface area contributed by atoms with Crippen LogP contribution in [-0.2, 0) is 29.3 Å². The zero-order valence-electron chi connectivity index (χ0n) is 25.6. The predicted octanol–water partition coefficient (Wildman–Crippen LogP) is 8.18. The number of carbonyl (C=O) groups excluding carboxylic acids is 1. The van der Waals surface area contributed by atoms with Gasteiger partial charge >= 0.3 is 13.9 Å². The van der Waals surface area contributed by atoms with E-state index in [1.807, 2.05) is 31.2 Å². The first-order valence-electron chi connectivity index (χ1n) is 13.7. The van der Waals surface area contributed by atoms with E-state index in [4.69, 9.17) is 23.0 Å². The van der Waals surface area contributed by atoms with Crippen molar-refractivity contribution in [2.75, 3.05) is 19.9 Å². The van der Waals surface area contributed by atoms with Gasteiger partial charge < -0.3 is 14.8 Å². The van der Waals surface area contributed by atoms with Crippen LogP contribution in [0, 0.1) is 0 Å². The number of unbranched alkanes of at least 4 members (excludes halogenated alkanes) is 2. The summed E-state index contributed by atoms with van der Waals surface area (Å²) in [5.74, 6) is 0.747. The van der Waals surface area contributed by atoms with Crippen LogP contribution in [0.15, 0.2) is 24.3 Å². The van der Waals surface area contributed by atoms with Crippen LogP contribution >= 0.6 is 7.82 Å². The van der Waals surface area contributed by atoms with E-state index in [9.17, 15) is 13.8 Å². The van der Waals surface area contributed by atoms with Crippen LogP contribution in [-0.4, -0.2) is 48.3 Å². The Morgan fingerprint density at radius 3 is 1.90 bits per heavy atom. The fourth-order valence-electron chi connectivity index (χ4n) is 3.42. The molecule has 1 amide bonds. The number of hydrogen-bond donors (Lipinski definition) is 1. The van der Waals surface area contributed by atoms with Gasteiger partial charge in [0, 0.05) is 0 Å². The normalized spacial score (nSPS) is 14.5. The zero-order valence-corrected chi connectivity index (χ0v) is 26.5. The highest BCUT2D eigenvalue weighted by Crippen LogP contribution is 2.55. The third-order valence-corrected chi connectivity index (χ3v) is 7.04. The van der Waals surface area contributed by atoms with E-state index in [1.165, 1.54) is 0 Å². The summed E-state index contributed by atoms with van der Waals surface area (Å²) in [6.07, 6.45) is 2.62. The van der Waals surface area contributed by atoms with E-state index in [2.05, 4.69) is 5.32 Å². The lowest BCUT2D eigenvalue weighted by atomic mass is 9.94. The number of phosphoric ester groups is 1. The summed E-state index contributed by atoms with van der Waals surface area (Å²) < 4.78 is 54.4. The molecule has 10 heteroatoms. The fraction of sp³-hybridized carbons (Fsp3) is 0.759. The SMILES string of the molecule is CC(C)(C)OC(=O)N[C@](C)(CCc1ccc(OCCCCCF)cc1)COP(=O)(OC(C)(C)C)OC(C)(C)C. The number of alkyl halides is 1. The minimum Gasteiger partial charge on any atom is -0.494 e. The Kier molecular flexibility index (Phi) is 13.4. The molecular formula is C29H51FNO7P. The Bertz CT molecular complexity index is 900. The number of carbonyl (C=O) groups is 1. The molecule has 0 radical (unpaired) electrons. The molecule has 1 aromatic rings. The van der Waals surface area contributed by atoms with Crippen LogP contribution in [0.2, 0.25) is 0 Å². The molecule has 0 heterocycles. The maximum atomic E-state index is 13.6. The minimum absolute atomic E-state index is 0.129. The number of halogens is 1. The molecule has 1 rings (SSSR count). The quantitative estimate of drug-likeness (QED) is 0.167. The molecule has 0 bridgehead atoms.